The van der Waals surface area contributed by atoms with E-state index in [1.165, 1.54) is 47.8 Å². The monoisotopic (exact) mass is 478 g/mol. The summed E-state index contributed by atoms with van der Waals surface area (Å²) in [7, 11) is -2.28. The predicted octanol–water partition coefficient (Wildman–Crippen LogP) is 4.54. The maximum Gasteiger partial charge on any atom is 0.418 e. The number of alkyl halides is 3. The summed E-state index contributed by atoms with van der Waals surface area (Å²) in [5.74, 6) is -0.593. The van der Waals surface area contributed by atoms with Gasteiger partial charge in [-0.3, -0.25) is 4.79 Å². The molecular formula is C23H21F3N2O4S. The first-order chi connectivity index (χ1) is 15.6. The van der Waals surface area contributed by atoms with Gasteiger partial charge in [-0.05, 0) is 42.0 Å². The van der Waals surface area contributed by atoms with E-state index in [9.17, 15) is 26.4 Å². The second-order valence-electron chi connectivity index (χ2n) is 7.10. The fraction of sp³-hybridized carbons (Fsp3) is 0.174. The van der Waals surface area contributed by atoms with Gasteiger partial charge >= 0.3 is 6.18 Å². The molecule has 1 amide bonds. The van der Waals surface area contributed by atoms with E-state index in [4.69, 9.17) is 4.74 Å². The lowest BCUT2D eigenvalue weighted by molar-refractivity contribution is -0.137. The Kier molecular flexibility index (Phi) is 7.39. The number of rotatable bonds is 8. The van der Waals surface area contributed by atoms with E-state index in [1.54, 1.807) is 0 Å². The number of nitrogens with one attached hydrogen (secondary N) is 1. The highest BCUT2D eigenvalue weighted by atomic mass is 32.2. The van der Waals surface area contributed by atoms with Crippen molar-refractivity contribution in [3.63, 3.8) is 0 Å². The summed E-state index contributed by atoms with van der Waals surface area (Å²) in [6.45, 7) is -0.354. The van der Waals surface area contributed by atoms with Crippen molar-refractivity contribution in [2.75, 3.05) is 19.0 Å². The van der Waals surface area contributed by atoms with Crippen LogP contribution < -0.4 is 10.1 Å². The van der Waals surface area contributed by atoms with Gasteiger partial charge in [-0.1, -0.05) is 42.5 Å². The molecule has 0 aliphatic rings. The van der Waals surface area contributed by atoms with Crippen LogP contribution in [0.1, 0.15) is 11.1 Å². The highest BCUT2D eigenvalue weighted by Gasteiger charge is 2.33. The van der Waals surface area contributed by atoms with E-state index in [2.05, 4.69) is 5.32 Å². The minimum absolute atomic E-state index is 0.0387. The van der Waals surface area contributed by atoms with Gasteiger partial charge in [0.1, 0.15) is 5.75 Å². The molecule has 1 N–H and O–H groups in total. The molecule has 6 nitrogen and oxygen atoms in total. The first-order valence-electron chi connectivity index (χ1n) is 9.76. The maximum absolute atomic E-state index is 13.0. The van der Waals surface area contributed by atoms with Gasteiger partial charge in [-0.15, -0.1) is 0 Å². The molecule has 3 aromatic carbocycles. The van der Waals surface area contributed by atoms with Gasteiger partial charge in [0.05, 0.1) is 16.1 Å². The number of amides is 1. The summed E-state index contributed by atoms with van der Waals surface area (Å²) in [6, 6.07) is 19.2. The average molecular weight is 478 g/mol. The van der Waals surface area contributed by atoms with Crippen molar-refractivity contribution >= 4 is 21.6 Å². The SMILES string of the molecule is CN(Cc1ccccc1)S(=O)(=O)c1ccc(OCC(=O)Nc2ccccc2C(F)(F)F)cc1. The molecule has 174 valence electrons. The third-order valence-electron chi connectivity index (χ3n) is 4.66. The molecule has 10 heteroatoms. The zero-order chi connectivity index (χ0) is 24.1. The van der Waals surface area contributed by atoms with Gasteiger partial charge in [-0.25, -0.2) is 8.42 Å². The first kappa shape index (κ1) is 24.3. The fourth-order valence-corrected chi connectivity index (χ4v) is 4.15. The smallest absolute Gasteiger partial charge is 0.418 e. The van der Waals surface area contributed by atoms with Crippen LogP contribution in [0.2, 0.25) is 0 Å². The van der Waals surface area contributed by atoms with Gasteiger partial charge in [0, 0.05) is 13.6 Å². The maximum atomic E-state index is 13.0. The number of anilines is 1. The molecule has 0 bridgehead atoms. The van der Waals surface area contributed by atoms with E-state index >= 15 is 0 Å². The second kappa shape index (κ2) is 10.1. The van der Waals surface area contributed by atoms with E-state index in [-0.39, 0.29) is 22.9 Å². The minimum Gasteiger partial charge on any atom is -0.484 e. The second-order valence-corrected chi connectivity index (χ2v) is 9.14. The fourth-order valence-electron chi connectivity index (χ4n) is 2.99. The quantitative estimate of drug-likeness (QED) is 0.516. The van der Waals surface area contributed by atoms with Crippen molar-refractivity contribution in [3.8, 4) is 5.75 Å². The zero-order valence-corrected chi connectivity index (χ0v) is 18.4. The summed E-state index contributed by atoms with van der Waals surface area (Å²) >= 11 is 0. The first-order valence-corrected chi connectivity index (χ1v) is 11.2. The van der Waals surface area contributed by atoms with Gasteiger partial charge in [0.2, 0.25) is 10.0 Å². The summed E-state index contributed by atoms with van der Waals surface area (Å²) in [6.07, 6.45) is -4.61. The molecule has 3 rings (SSSR count). The Morgan fingerprint density at radius 2 is 1.55 bits per heavy atom. The highest BCUT2D eigenvalue weighted by molar-refractivity contribution is 7.89. The number of hydrogen-bond donors (Lipinski definition) is 1. The molecule has 0 spiro atoms. The van der Waals surface area contributed by atoms with Crippen molar-refractivity contribution in [3.05, 3.63) is 90.0 Å². The molecule has 0 unspecified atom stereocenters. The molecule has 33 heavy (non-hydrogen) atoms. The van der Waals surface area contributed by atoms with Crippen LogP contribution in [0.25, 0.3) is 0 Å². The lowest BCUT2D eigenvalue weighted by Crippen LogP contribution is -2.26. The van der Waals surface area contributed by atoms with E-state index < -0.39 is 34.3 Å². The molecule has 0 atom stereocenters. The van der Waals surface area contributed by atoms with Gasteiger partial charge in [0.15, 0.2) is 6.61 Å². The lowest BCUT2D eigenvalue weighted by atomic mass is 10.1. The van der Waals surface area contributed by atoms with Crippen LogP contribution >= 0.6 is 0 Å². The molecular weight excluding hydrogens is 457 g/mol. The zero-order valence-electron chi connectivity index (χ0n) is 17.5. The number of ether oxygens (including phenoxy) is 1. The third kappa shape index (κ3) is 6.33. The van der Waals surface area contributed by atoms with Crippen molar-refractivity contribution in [2.24, 2.45) is 0 Å². The van der Waals surface area contributed by atoms with Crippen LogP contribution in [0.3, 0.4) is 0 Å². The largest absolute Gasteiger partial charge is 0.484 e. The highest BCUT2D eigenvalue weighted by Crippen LogP contribution is 2.34. The third-order valence-corrected chi connectivity index (χ3v) is 6.47. The summed E-state index contributed by atoms with van der Waals surface area (Å²) in [5.41, 5.74) is -0.504. The predicted molar refractivity (Wildman–Crippen MR) is 117 cm³/mol. The van der Waals surface area contributed by atoms with Crippen molar-refractivity contribution in [1.82, 2.24) is 4.31 Å². The van der Waals surface area contributed by atoms with Crippen molar-refractivity contribution < 1.29 is 31.1 Å². The Labute approximate surface area is 189 Å². The number of halogens is 3. The Morgan fingerprint density at radius 1 is 0.939 bits per heavy atom. The lowest BCUT2D eigenvalue weighted by Gasteiger charge is -2.17. The number of sulfonamides is 1. The topological polar surface area (TPSA) is 75.7 Å². The average Bonchev–Trinajstić information content (AvgIpc) is 2.78. The Balaban J connectivity index is 1.60. The van der Waals surface area contributed by atoms with E-state index in [0.717, 1.165) is 17.7 Å². The Bertz CT molecular complexity index is 1200. The molecule has 0 radical (unpaired) electrons. The van der Waals surface area contributed by atoms with Crippen LogP contribution in [-0.4, -0.2) is 32.3 Å². The number of para-hydroxylation sites is 1. The molecule has 0 saturated heterocycles. The normalized spacial score (nSPS) is 11.9. The van der Waals surface area contributed by atoms with Crippen LogP contribution in [0.5, 0.6) is 5.75 Å². The van der Waals surface area contributed by atoms with Gasteiger partial charge in [-0.2, -0.15) is 17.5 Å². The summed E-state index contributed by atoms with van der Waals surface area (Å²) < 4.78 is 71.1. The van der Waals surface area contributed by atoms with E-state index in [0.29, 0.717) is 0 Å². The standard InChI is InChI=1S/C23H21F3N2O4S/c1-28(15-17-7-3-2-4-8-17)33(30,31)19-13-11-18(12-14-19)32-16-22(29)27-21-10-6-5-9-20(21)23(24,25)26/h2-14H,15-16H2,1H3,(H,27,29). The number of carbonyl (C=O) groups is 1. The number of hydrogen-bond acceptors (Lipinski definition) is 4. The van der Waals surface area contributed by atoms with Gasteiger partial charge < -0.3 is 10.1 Å². The van der Waals surface area contributed by atoms with Crippen molar-refractivity contribution in [1.29, 1.82) is 0 Å². The Morgan fingerprint density at radius 3 is 2.18 bits per heavy atom. The number of benzene rings is 3. The molecule has 0 saturated carbocycles. The number of carbonyl (C=O) groups excluding carboxylic acids is 1. The Hall–Kier alpha value is -3.37. The molecule has 3 aromatic rings. The minimum atomic E-state index is -4.61. The molecule has 0 aromatic heterocycles. The van der Waals surface area contributed by atoms with Crippen molar-refractivity contribution in [2.45, 2.75) is 17.6 Å². The molecule has 0 aliphatic heterocycles. The van der Waals surface area contributed by atoms with E-state index in [1.807, 2.05) is 30.3 Å². The van der Waals surface area contributed by atoms with Crippen LogP contribution in [-0.2, 0) is 27.5 Å². The van der Waals surface area contributed by atoms with Crippen LogP contribution in [0.15, 0.2) is 83.8 Å². The molecule has 0 aliphatic carbocycles. The van der Waals surface area contributed by atoms with Crippen LogP contribution in [0, 0.1) is 0 Å². The molecule has 0 heterocycles. The summed E-state index contributed by atoms with van der Waals surface area (Å²) in [5, 5.41) is 2.17. The van der Waals surface area contributed by atoms with Gasteiger partial charge in [0.25, 0.3) is 5.91 Å². The summed E-state index contributed by atoms with van der Waals surface area (Å²) in [4.78, 5) is 12.1. The molecule has 0 fully saturated rings. The van der Waals surface area contributed by atoms with Crippen LogP contribution in [0.4, 0.5) is 18.9 Å². The number of nitrogens with zero attached hydrogens (tertiary/aromatic N) is 1.